The standard InChI is InChI=1S/C9H16N4O4/c1-6(2)17-8(14)7-4-3-5-10-9(11-7)12-13(15)16/h6-7H,3-5H2,1-2H3,(H2,10,11,12). The molecule has 0 spiro atoms. The Morgan fingerprint density at radius 2 is 2.41 bits per heavy atom. The summed E-state index contributed by atoms with van der Waals surface area (Å²) in [6, 6.07) is -0.592. The zero-order chi connectivity index (χ0) is 12.8. The van der Waals surface area contributed by atoms with Crippen LogP contribution < -0.4 is 10.7 Å². The number of aliphatic imine (C=N–C) groups is 1. The highest BCUT2D eigenvalue weighted by atomic mass is 16.7. The van der Waals surface area contributed by atoms with Crippen molar-refractivity contribution < 1.29 is 14.6 Å². The summed E-state index contributed by atoms with van der Waals surface area (Å²) in [7, 11) is 0. The van der Waals surface area contributed by atoms with Gasteiger partial charge in [-0.2, -0.15) is 0 Å². The predicted octanol–water partition coefficient (Wildman–Crippen LogP) is -0.173. The molecule has 0 aliphatic carbocycles. The van der Waals surface area contributed by atoms with Gasteiger partial charge in [0.15, 0.2) is 5.03 Å². The van der Waals surface area contributed by atoms with Crippen LogP contribution >= 0.6 is 0 Å². The van der Waals surface area contributed by atoms with E-state index in [0.717, 1.165) is 0 Å². The molecule has 1 aliphatic heterocycles. The summed E-state index contributed by atoms with van der Waals surface area (Å²) in [4.78, 5) is 25.9. The second-order valence-electron chi connectivity index (χ2n) is 3.92. The molecule has 1 heterocycles. The van der Waals surface area contributed by atoms with Gasteiger partial charge in [-0.05, 0) is 26.7 Å². The summed E-state index contributed by atoms with van der Waals surface area (Å²) in [5, 5.41) is 12.2. The lowest BCUT2D eigenvalue weighted by molar-refractivity contribution is -0.525. The molecule has 0 fully saturated rings. The van der Waals surface area contributed by atoms with E-state index < -0.39 is 17.0 Å². The first-order valence-electron chi connectivity index (χ1n) is 5.41. The Hall–Kier alpha value is -1.86. The fourth-order valence-electron chi connectivity index (χ4n) is 1.41. The normalized spacial score (nSPS) is 19.9. The van der Waals surface area contributed by atoms with E-state index in [0.29, 0.717) is 19.4 Å². The molecule has 0 aromatic heterocycles. The number of carbonyl (C=O) groups is 1. The van der Waals surface area contributed by atoms with Crippen molar-refractivity contribution in [3.05, 3.63) is 10.1 Å². The zero-order valence-corrected chi connectivity index (χ0v) is 9.80. The van der Waals surface area contributed by atoms with Crippen molar-refractivity contribution in [2.75, 3.05) is 6.54 Å². The molecule has 0 bridgehead atoms. The van der Waals surface area contributed by atoms with Gasteiger partial charge < -0.3 is 10.1 Å². The molecule has 8 nitrogen and oxygen atoms in total. The van der Waals surface area contributed by atoms with Crippen LogP contribution in [0.2, 0.25) is 0 Å². The average Bonchev–Trinajstić information content (AvgIpc) is 2.41. The van der Waals surface area contributed by atoms with Crippen molar-refractivity contribution in [2.24, 2.45) is 4.99 Å². The highest BCUT2D eigenvalue weighted by Gasteiger charge is 2.25. The largest absolute Gasteiger partial charge is 0.461 e. The maximum atomic E-state index is 11.7. The van der Waals surface area contributed by atoms with E-state index in [9.17, 15) is 14.9 Å². The molecule has 1 atom stereocenters. The van der Waals surface area contributed by atoms with Crippen molar-refractivity contribution in [3.63, 3.8) is 0 Å². The molecule has 0 amide bonds. The maximum absolute atomic E-state index is 11.7. The molecule has 0 saturated carbocycles. The molecular weight excluding hydrogens is 228 g/mol. The van der Waals surface area contributed by atoms with Gasteiger partial charge in [0, 0.05) is 6.54 Å². The van der Waals surface area contributed by atoms with Gasteiger partial charge in [-0.15, -0.1) is 0 Å². The van der Waals surface area contributed by atoms with Crippen LogP contribution in [-0.2, 0) is 9.53 Å². The van der Waals surface area contributed by atoms with Crippen LogP contribution in [0.4, 0.5) is 0 Å². The fraction of sp³-hybridized carbons (Fsp3) is 0.778. The molecule has 0 aromatic rings. The molecule has 0 aromatic carbocycles. The molecule has 8 heteroatoms. The van der Waals surface area contributed by atoms with Crippen LogP contribution in [0.15, 0.2) is 4.99 Å². The summed E-state index contributed by atoms with van der Waals surface area (Å²) in [5.41, 5.74) is 1.91. The molecule has 0 saturated heterocycles. The van der Waals surface area contributed by atoms with Crippen LogP contribution in [0.25, 0.3) is 0 Å². The number of hydrogen-bond donors (Lipinski definition) is 2. The first kappa shape index (κ1) is 13.2. The van der Waals surface area contributed by atoms with Crippen LogP contribution in [0.1, 0.15) is 26.7 Å². The molecule has 0 radical (unpaired) electrons. The van der Waals surface area contributed by atoms with Crippen LogP contribution in [-0.4, -0.2) is 35.7 Å². The number of nitrogens with one attached hydrogen (secondary N) is 2. The third kappa shape index (κ3) is 4.66. The van der Waals surface area contributed by atoms with Crippen molar-refractivity contribution >= 4 is 11.9 Å². The Kier molecular flexibility index (Phi) is 4.68. The number of esters is 1. The van der Waals surface area contributed by atoms with Gasteiger partial charge in [-0.1, -0.05) is 5.43 Å². The lowest BCUT2D eigenvalue weighted by atomic mass is 10.1. The molecular formula is C9H16N4O4. The van der Waals surface area contributed by atoms with Gasteiger partial charge in [-0.3, -0.25) is 0 Å². The van der Waals surface area contributed by atoms with Gasteiger partial charge in [0.05, 0.1) is 6.10 Å². The summed E-state index contributed by atoms with van der Waals surface area (Å²) < 4.78 is 5.04. The van der Waals surface area contributed by atoms with Crippen LogP contribution in [0, 0.1) is 10.1 Å². The number of ether oxygens (including phenoxy) is 1. The second-order valence-corrected chi connectivity index (χ2v) is 3.92. The SMILES string of the molecule is CC(C)OC(=O)C1CCCN=C(N[N+](=O)[O-])N1. The second kappa shape index (κ2) is 6.02. The minimum atomic E-state index is -0.720. The van der Waals surface area contributed by atoms with Crippen molar-refractivity contribution in [1.29, 1.82) is 0 Å². The van der Waals surface area contributed by atoms with Crippen molar-refractivity contribution in [3.8, 4) is 0 Å². The summed E-state index contributed by atoms with van der Waals surface area (Å²) in [6.45, 7) is 3.94. The quantitative estimate of drug-likeness (QED) is 0.405. The van der Waals surface area contributed by atoms with E-state index in [1.54, 1.807) is 13.8 Å². The first-order valence-corrected chi connectivity index (χ1v) is 5.41. The number of hydrazine groups is 1. The van der Waals surface area contributed by atoms with Gasteiger partial charge in [0.1, 0.15) is 6.04 Å². The van der Waals surface area contributed by atoms with E-state index in [4.69, 9.17) is 4.74 Å². The minimum Gasteiger partial charge on any atom is -0.461 e. The van der Waals surface area contributed by atoms with Gasteiger partial charge >= 0.3 is 5.97 Å². The number of hydrogen-bond acceptors (Lipinski definition) is 6. The predicted molar refractivity (Wildman–Crippen MR) is 59.8 cm³/mol. The van der Waals surface area contributed by atoms with Crippen LogP contribution in [0.5, 0.6) is 0 Å². The molecule has 96 valence electrons. The lowest BCUT2D eigenvalue weighted by Crippen LogP contribution is -2.48. The Morgan fingerprint density at radius 1 is 1.71 bits per heavy atom. The Bertz CT molecular complexity index is 329. The number of nitro groups is 1. The Morgan fingerprint density at radius 3 is 3.00 bits per heavy atom. The number of rotatable bonds is 3. The Labute approximate surface area is 98.5 Å². The summed E-state index contributed by atoms with van der Waals surface area (Å²) in [6.07, 6.45) is 1.00. The van der Waals surface area contributed by atoms with Crippen molar-refractivity contribution in [2.45, 2.75) is 38.8 Å². The Balaban J connectivity index is 2.59. The number of guanidine groups is 1. The van der Waals surface area contributed by atoms with E-state index in [1.165, 1.54) is 0 Å². The monoisotopic (exact) mass is 244 g/mol. The number of nitrogens with zero attached hydrogens (tertiary/aromatic N) is 2. The molecule has 1 unspecified atom stereocenters. The third-order valence-corrected chi connectivity index (χ3v) is 2.07. The minimum absolute atomic E-state index is 0.00166. The van der Waals surface area contributed by atoms with Gasteiger partial charge in [-0.25, -0.2) is 19.9 Å². The molecule has 1 aliphatic rings. The summed E-state index contributed by atoms with van der Waals surface area (Å²) in [5.74, 6) is -0.419. The van der Waals surface area contributed by atoms with E-state index in [-0.39, 0.29) is 12.1 Å². The number of carbonyl (C=O) groups excluding carboxylic acids is 1. The lowest BCUT2D eigenvalue weighted by Gasteiger charge is -2.17. The van der Waals surface area contributed by atoms with Crippen molar-refractivity contribution in [1.82, 2.24) is 10.7 Å². The highest BCUT2D eigenvalue weighted by Crippen LogP contribution is 2.05. The summed E-state index contributed by atoms with van der Waals surface area (Å²) >= 11 is 0. The van der Waals surface area contributed by atoms with E-state index in [2.05, 4.69) is 10.3 Å². The zero-order valence-electron chi connectivity index (χ0n) is 9.80. The average molecular weight is 244 g/mol. The first-order chi connectivity index (χ1) is 7.99. The molecule has 1 rings (SSSR count). The van der Waals surface area contributed by atoms with E-state index in [1.807, 2.05) is 5.43 Å². The molecule has 2 N–H and O–H groups in total. The third-order valence-electron chi connectivity index (χ3n) is 2.07. The fourth-order valence-corrected chi connectivity index (χ4v) is 1.41. The van der Waals surface area contributed by atoms with Gasteiger partial charge in [0.2, 0.25) is 0 Å². The smallest absolute Gasteiger partial charge is 0.328 e. The highest BCUT2D eigenvalue weighted by molar-refractivity contribution is 5.86. The van der Waals surface area contributed by atoms with Gasteiger partial charge in [0.25, 0.3) is 5.96 Å². The van der Waals surface area contributed by atoms with Crippen LogP contribution in [0.3, 0.4) is 0 Å². The molecule has 17 heavy (non-hydrogen) atoms. The van der Waals surface area contributed by atoms with E-state index >= 15 is 0 Å². The topological polar surface area (TPSA) is 106 Å². The maximum Gasteiger partial charge on any atom is 0.328 e.